The van der Waals surface area contributed by atoms with Crippen LogP contribution in [0, 0.1) is 0 Å². The average molecular weight is 359 g/mol. The van der Waals surface area contributed by atoms with Gasteiger partial charge in [0, 0.05) is 16.0 Å². The second-order valence-corrected chi connectivity index (χ2v) is 4.32. The van der Waals surface area contributed by atoms with E-state index in [9.17, 15) is 13.6 Å². The molecule has 1 N–H and O–H groups in total. The molecule has 0 aliphatic heterocycles. The molecule has 0 aliphatic carbocycles. The van der Waals surface area contributed by atoms with E-state index < -0.39 is 12.4 Å². The lowest BCUT2D eigenvalue weighted by molar-refractivity contribution is -0.136. The summed E-state index contributed by atoms with van der Waals surface area (Å²) >= 11 is 6.05. The number of hydrogen-bond acceptors (Lipinski definition) is 2. The number of carboxylic acid groups (broad SMARTS) is 1. The fraction of sp³-hybridized carbons (Fsp3) is 0.333. The van der Waals surface area contributed by atoms with Crippen molar-refractivity contribution in [3.8, 4) is 0 Å². The Bertz CT molecular complexity index is 413. The summed E-state index contributed by atoms with van der Waals surface area (Å²) in [5.74, 6) is -1.09. The van der Waals surface area contributed by atoms with Crippen LogP contribution in [0.25, 0.3) is 0 Å². The first-order chi connectivity index (χ1) is 7.47. The molecule has 1 rings (SSSR count). The summed E-state index contributed by atoms with van der Waals surface area (Å²) in [6, 6.07) is 0. The van der Waals surface area contributed by atoms with Gasteiger partial charge in [-0.05, 0) is 21.5 Å². The van der Waals surface area contributed by atoms with Gasteiger partial charge in [-0.2, -0.15) is 0 Å². The number of aromatic nitrogens is 1. The third-order valence-electron chi connectivity index (χ3n) is 1.89. The Balaban J connectivity index is 3.26. The standard InChI is InChI=1S/C9H7Br2F2NO2/c10-2-5-7(9(12)13)8(11)4(3-14-5)1-6(15)16/h3,9H,1-2H2,(H,15,16). The minimum Gasteiger partial charge on any atom is -0.481 e. The number of pyridine rings is 1. The Labute approximate surface area is 107 Å². The zero-order chi connectivity index (χ0) is 12.3. The predicted molar refractivity (Wildman–Crippen MR) is 60.9 cm³/mol. The van der Waals surface area contributed by atoms with E-state index in [0.29, 0.717) is 0 Å². The molecule has 0 atom stereocenters. The van der Waals surface area contributed by atoms with E-state index in [0.717, 1.165) is 0 Å². The topological polar surface area (TPSA) is 50.2 Å². The molecule has 0 bridgehead atoms. The van der Waals surface area contributed by atoms with Crippen LogP contribution >= 0.6 is 31.9 Å². The summed E-state index contributed by atoms with van der Waals surface area (Å²) in [6.07, 6.45) is -1.74. The van der Waals surface area contributed by atoms with Crippen LogP contribution in [-0.2, 0) is 16.5 Å². The molecule has 0 aliphatic rings. The molecule has 7 heteroatoms. The van der Waals surface area contributed by atoms with Gasteiger partial charge in [-0.15, -0.1) is 0 Å². The van der Waals surface area contributed by atoms with Crippen LogP contribution in [0.2, 0.25) is 0 Å². The monoisotopic (exact) mass is 357 g/mol. The minimum atomic E-state index is -2.69. The first-order valence-electron chi connectivity index (χ1n) is 4.19. The van der Waals surface area contributed by atoms with Gasteiger partial charge in [0.1, 0.15) is 0 Å². The lowest BCUT2D eigenvalue weighted by Gasteiger charge is -2.11. The van der Waals surface area contributed by atoms with Crippen LogP contribution in [0.3, 0.4) is 0 Å². The Kier molecular flexibility index (Phi) is 4.79. The molecule has 1 aromatic heterocycles. The normalized spacial score (nSPS) is 10.8. The van der Waals surface area contributed by atoms with Crippen molar-refractivity contribution in [2.45, 2.75) is 18.2 Å². The number of aliphatic carboxylic acids is 1. The first kappa shape index (κ1) is 13.5. The molecule has 88 valence electrons. The van der Waals surface area contributed by atoms with Gasteiger partial charge in [0.05, 0.1) is 17.7 Å². The van der Waals surface area contributed by atoms with Crippen molar-refractivity contribution in [2.24, 2.45) is 0 Å². The van der Waals surface area contributed by atoms with E-state index in [2.05, 4.69) is 36.8 Å². The van der Waals surface area contributed by atoms with Crippen LogP contribution < -0.4 is 0 Å². The molecule has 16 heavy (non-hydrogen) atoms. The number of carboxylic acids is 1. The van der Waals surface area contributed by atoms with Crippen molar-refractivity contribution in [1.82, 2.24) is 4.98 Å². The predicted octanol–water partition coefficient (Wildman–Crippen LogP) is 3.30. The average Bonchev–Trinajstić information content (AvgIpc) is 2.19. The fourth-order valence-electron chi connectivity index (χ4n) is 1.20. The highest BCUT2D eigenvalue weighted by molar-refractivity contribution is 9.10. The van der Waals surface area contributed by atoms with E-state index in [4.69, 9.17) is 5.11 Å². The number of alkyl halides is 3. The zero-order valence-corrected chi connectivity index (χ0v) is 11.1. The van der Waals surface area contributed by atoms with E-state index >= 15 is 0 Å². The maximum Gasteiger partial charge on any atom is 0.307 e. The van der Waals surface area contributed by atoms with Crippen LogP contribution in [0.5, 0.6) is 0 Å². The summed E-state index contributed by atoms with van der Waals surface area (Å²) in [6.45, 7) is 0. The largest absolute Gasteiger partial charge is 0.481 e. The van der Waals surface area contributed by atoms with Crippen molar-refractivity contribution < 1.29 is 18.7 Å². The van der Waals surface area contributed by atoms with Gasteiger partial charge in [0.15, 0.2) is 0 Å². The molecule has 0 spiro atoms. The van der Waals surface area contributed by atoms with Crippen LogP contribution in [0.4, 0.5) is 8.78 Å². The molecule has 0 aromatic carbocycles. The molecule has 0 radical (unpaired) electrons. The smallest absolute Gasteiger partial charge is 0.307 e. The number of rotatable bonds is 4. The zero-order valence-electron chi connectivity index (χ0n) is 7.88. The summed E-state index contributed by atoms with van der Waals surface area (Å²) < 4.78 is 25.6. The summed E-state index contributed by atoms with van der Waals surface area (Å²) in [5.41, 5.74) is 0.194. The van der Waals surface area contributed by atoms with Gasteiger partial charge in [-0.25, -0.2) is 8.78 Å². The maximum absolute atomic E-state index is 12.8. The number of nitrogens with zero attached hydrogens (tertiary/aromatic N) is 1. The van der Waals surface area contributed by atoms with Crippen molar-refractivity contribution in [3.63, 3.8) is 0 Å². The Morgan fingerprint density at radius 1 is 1.56 bits per heavy atom. The van der Waals surface area contributed by atoms with Gasteiger partial charge in [0.2, 0.25) is 0 Å². The van der Waals surface area contributed by atoms with Crippen LogP contribution in [-0.4, -0.2) is 16.1 Å². The van der Waals surface area contributed by atoms with Gasteiger partial charge in [-0.1, -0.05) is 15.9 Å². The minimum absolute atomic E-state index is 0.120. The van der Waals surface area contributed by atoms with Crippen molar-refractivity contribution in [2.75, 3.05) is 0 Å². The SMILES string of the molecule is O=C(O)Cc1cnc(CBr)c(C(F)F)c1Br. The number of halogens is 4. The maximum atomic E-state index is 12.8. The Hall–Kier alpha value is -0.560. The molecule has 0 unspecified atom stereocenters. The van der Waals surface area contributed by atoms with Gasteiger partial charge >= 0.3 is 5.97 Å². The second kappa shape index (κ2) is 5.67. The second-order valence-electron chi connectivity index (χ2n) is 2.96. The van der Waals surface area contributed by atoms with E-state index in [1.54, 1.807) is 0 Å². The fourth-order valence-corrected chi connectivity index (χ4v) is 2.29. The van der Waals surface area contributed by atoms with Crippen molar-refractivity contribution in [3.05, 3.63) is 27.5 Å². The van der Waals surface area contributed by atoms with E-state index in [-0.39, 0.29) is 33.0 Å². The first-order valence-corrected chi connectivity index (χ1v) is 6.10. The molecular weight excluding hydrogens is 352 g/mol. The molecule has 0 saturated heterocycles. The van der Waals surface area contributed by atoms with Gasteiger partial charge < -0.3 is 5.11 Å². The molecule has 0 saturated carbocycles. The van der Waals surface area contributed by atoms with Gasteiger partial charge in [0.25, 0.3) is 6.43 Å². The van der Waals surface area contributed by atoms with E-state index in [1.807, 2.05) is 0 Å². The molecule has 3 nitrogen and oxygen atoms in total. The molecular formula is C9H7Br2F2NO2. The Morgan fingerprint density at radius 2 is 2.19 bits per heavy atom. The number of hydrogen-bond donors (Lipinski definition) is 1. The summed E-state index contributed by atoms with van der Waals surface area (Å²) in [7, 11) is 0. The number of carbonyl (C=O) groups is 1. The van der Waals surface area contributed by atoms with Crippen molar-refractivity contribution in [1.29, 1.82) is 0 Å². The quantitative estimate of drug-likeness (QED) is 0.840. The molecule has 1 aromatic rings. The van der Waals surface area contributed by atoms with Crippen LogP contribution in [0.1, 0.15) is 23.2 Å². The lowest BCUT2D eigenvalue weighted by atomic mass is 10.1. The third-order valence-corrected chi connectivity index (χ3v) is 3.36. The Morgan fingerprint density at radius 3 is 2.62 bits per heavy atom. The summed E-state index contributed by atoms with van der Waals surface area (Å²) in [5, 5.41) is 8.80. The third kappa shape index (κ3) is 2.98. The molecule has 0 amide bonds. The summed E-state index contributed by atoms with van der Waals surface area (Å²) in [4.78, 5) is 14.3. The van der Waals surface area contributed by atoms with Crippen molar-refractivity contribution >= 4 is 37.8 Å². The molecule has 0 fully saturated rings. The highest BCUT2D eigenvalue weighted by Gasteiger charge is 2.21. The molecule has 1 heterocycles. The highest BCUT2D eigenvalue weighted by Crippen LogP contribution is 2.33. The lowest BCUT2D eigenvalue weighted by Crippen LogP contribution is -2.06. The highest BCUT2D eigenvalue weighted by atomic mass is 79.9. The van der Waals surface area contributed by atoms with E-state index in [1.165, 1.54) is 6.20 Å². The van der Waals surface area contributed by atoms with Crippen LogP contribution in [0.15, 0.2) is 10.7 Å². The van der Waals surface area contributed by atoms with Gasteiger partial charge in [-0.3, -0.25) is 9.78 Å².